The molecule has 11 nitrogen and oxygen atoms in total. The van der Waals surface area contributed by atoms with E-state index in [1.54, 1.807) is 13.0 Å². The van der Waals surface area contributed by atoms with Gasteiger partial charge in [0, 0.05) is 44.2 Å². The van der Waals surface area contributed by atoms with Crippen LogP contribution in [0.15, 0.2) is 36.4 Å². The SMILES string of the molecule is CC(C)[C@H]1NC(=O)[C@H](Cc2ccccc2)Nc2cc(nc(N3CCC(O)CC3)n2)CCNC(=O)[C@H](C)NC1=O. The van der Waals surface area contributed by atoms with Gasteiger partial charge in [0.2, 0.25) is 23.7 Å². The first kappa shape index (κ1) is 28.3. The molecule has 2 aliphatic heterocycles. The van der Waals surface area contributed by atoms with Gasteiger partial charge in [-0.3, -0.25) is 14.4 Å². The number of carbonyl (C=O) groups excluding carboxylic acids is 3. The fourth-order valence-electron chi connectivity index (χ4n) is 4.75. The lowest BCUT2D eigenvalue weighted by atomic mass is 10.0. The molecule has 11 heteroatoms. The zero-order valence-electron chi connectivity index (χ0n) is 22.8. The first-order chi connectivity index (χ1) is 18.7. The van der Waals surface area contributed by atoms with E-state index in [2.05, 4.69) is 21.3 Å². The summed E-state index contributed by atoms with van der Waals surface area (Å²) < 4.78 is 0. The number of nitrogens with one attached hydrogen (secondary N) is 4. The van der Waals surface area contributed by atoms with Crippen molar-refractivity contribution in [3.05, 3.63) is 47.7 Å². The Balaban J connectivity index is 1.70. The second kappa shape index (κ2) is 12.9. The Bertz CT molecular complexity index is 1150. The van der Waals surface area contributed by atoms with Crippen molar-refractivity contribution in [2.45, 2.75) is 70.7 Å². The van der Waals surface area contributed by atoms with Crippen molar-refractivity contribution >= 4 is 29.5 Å². The first-order valence-corrected chi connectivity index (χ1v) is 13.7. The van der Waals surface area contributed by atoms with Gasteiger partial charge in [0.1, 0.15) is 23.9 Å². The molecule has 0 spiro atoms. The molecule has 3 amide bonds. The lowest BCUT2D eigenvalue weighted by molar-refractivity contribution is -0.132. The molecule has 0 aliphatic carbocycles. The minimum absolute atomic E-state index is 0.205. The number of piperidine rings is 1. The van der Waals surface area contributed by atoms with E-state index in [-0.39, 0.29) is 23.8 Å². The maximum absolute atomic E-state index is 13.7. The average Bonchev–Trinajstić information content (AvgIpc) is 2.91. The predicted molar refractivity (Wildman–Crippen MR) is 148 cm³/mol. The van der Waals surface area contributed by atoms with Crippen molar-refractivity contribution in [1.29, 1.82) is 0 Å². The van der Waals surface area contributed by atoms with Crippen LogP contribution in [0.2, 0.25) is 0 Å². The van der Waals surface area contributed by atoms with Gasteiger partial charge in [0.05, 0.1) is 6.10 Å². The quantitative estimate of drug-likeness (QED) is 0.384. The number of hydrogen-bond donors (Lipinski definition) is 5. The number of carbonyl (C=O) groups is 3. The molecule has 5 N–H and O–H groups in total. The summed E-state index contributed by atoms with van der Waals surface area (Å²) >= 11 is 0. The summed E-state index contributed by atoms with van der Waals surface area (Å²) in [5.41, 5.74) is 1.66. The highest BCUT2D eigenvalue weighted by molar-refractivity contribution is 5.93. The molecule has 2 aromatic rings. The highest BCUT2D eigenvalue weighted by Crippen LogP contribution is 2.21. The van der Waals surface area contributed by atoms with Gasteiger partial charge in [0.25, 0.3) is 0 Å². The van der Waals surface area contributed by atoms with Crippen LogP contribution in [0.4, 0.5) is 11.8 Å². The van der Waals surface area contributed by atoms with Crippen LogP contribution in [0.5, 0.6) is 0 Å². The number of aliphatic hydroxyl groups is 1. The molecule has 3 heterocycles. The molecule has 2 aliphatic rings. The Hall–Kier alpha value is -3.73. The van der Waals surface area contributed by atoms with Gasteiger partial charge >= 0.3 is 0 Å². The number of nitrogens with zero attached hydrogens (tertiary/aromatic N) is 3. The molecule has 2 bridgehead atoms. The van der Waals surface area contributed by atoms with E-state index in [1.807, 2.05) is 49.1 Å². The molecular formula is C28H39N7O4. The van der Waals surface area contributed by atoms with Gasteiger partial charge in [-0.25, -0.2) is 4.98 Å². The molecule has 3 atom stereocenters. The van der Waals surface area contributed by atoms with Crippen LogP contribution < -0.4 is 26.2 Å². The summed E-state index contributed by atoms with van der Waals surface area (Å²) in [6, 6.07) is 9.14. The summed E-state index contributed by atoms with van der Waals surface area (Å²) in [5, 5.41) is 21.8. The summed E-state index contributed by atoms with van der Waals surface area (Å²) in [5.74, 6) is -0.277. The Morgan fingerprint density at radius 1 is 0.974 bits per heavy atom. The van der Waals surface area contributed by atoms with Crippen LogP contribution in [0.1, 0.15) is 44.9 Å². The van der Waals surface area contributed by atoms with Gasteiger partial charge in [0.15, 0.2) is 0 Å². The summed E-state index contributed by atoms with van der Waals surface area (Å²) in [7, 11) is 0. The molecule has 1 fully saturated rings. The van der Waals surface area contributed by atoms with E-state index in [0.29, 0.717) is 62.8 Å². The van der Waals surface area contributed by atoms with Crippen LogP contribution in [0, 0.1) is 5.92 Å². The van der Waals surface area contributed by atoms with Crippen LogP contribution in [0.25, 0.3) is 0 Å². The lowest BCUT2D eigenvalue weighted by Crippen LogP contribution is -2.56. The van der Waals surface area contributed by atoms with Gasteiger partial charge < -0.3 is 31.3 Å². The number of aromatic nitrogens is 2. The largest absolute Gasteiger partial charge is 0.393 e. The summed E-state index contributed by atoms with van der Waals surface area (Å²) in [6.07, 6.45) is 1.73. The number of rotatable bonds is 4. The van der Waals surface area contributed by atoms with E-state index >= 15 is 0 Å². The van der Waals surface area contributed by atoms with E-state index in [1.165, 1.54) is 0 Å². The predicted octanol–water partition coefficient (Wildman–Crippen LogP) is 0.779. The minimum Gasteiger partial charge on any atom is -0.393 e. The van der Waals surface area contributed by atoms with Crippen LogP contribution in [0.3, 0.4) is 0 Å². The van der Waals surface area contributed by atoms with Crippen molar-refractivity contribution in [2.24, 2.45) is 5.92 Å². The summed E-state index contributed by atoms with van der Waals surface area (Å²) in [4.78, 5) is 50.9. The molecule has 210 valence electrons. The Labute approximate surface area is 229 Å². The van der Waals surface area contributed by atoms with Crippen LogP contribution in [-0.4, -0.2) is 76.7 Å². The molecular weight excluding hydrogens is 498 g/mol. The highest BCUT2D eigenvalue weighted by atomic mass is 16.3. The standard InChI is InChI=1S/C28H39N7O4/c1-17(2)24-27(39)30-18(3)25(37)29-12-9-20-16-23(33-28(31-20)35-13-10-21(36)11-14-35)32-22(26(38)34-24)15-19-7-5-4-6-8-19/h4-8,16-18,21-22,24,36H,9-15H2,1-3H3,(H,29,37)(H,30,39)(H,34,38)(H,31,32,33)/t18-,22-,24+/m0/s1. The molecule has 0 radical (unpaired) electrons. The number of hydrogen-bond acceptors (Lipinski definition) is 8. The minimum atomic E-state index is -0.825. The Morgan fingerprint density at radius 2 is 1.69 bits per heavy atom. The molecule has 1 aromatic heterocycles. The average molecular weight is 538 g/mol. The normalized spacial score (nSPS) is 23.7. The molecule has 1 aromatic carbocycles. The van der Waals surface area contributed by atoms with Gasteiger partial charge in [-0.05, 0) is 31.2 Å². The van der Waals surface area contributed by atoms with E-state index < -0.39 is 24.0 Å². The number of anilines is 2. The van der Waals surface area contributed by atoms with Gasteiger partial charge in [-0.2, -0.15) is 4.98 Å². The van der Waals surface area contributed by atoms with Crippen molar-refractivity contribution < 1.29 is 19.5 Å². The van der Waals surface area contributed by atoms with E-state index in [4.69, 9.17) is 9.97 Å². The molecule has 4 rings (SSSR count). The lowest BCUT2D eigenvalue weighted by Gasteiger charge is -2.30. The van der Waals surface area contributed by atoms with E-state index in [0.717, 1.165) is 5.56 Å². The Morgan fingerprint density at radius 3 is 2.38 bits per heavy atom. The number of benzene rings is 1. The molecule has 0 unspecified atom stereocenters. The first-order valence-electron chi connectivity index (χ1n) is 13.7. The van der Waals surface area contributed by atoms with E-state index in [9.17, 15) is 19.5 Å². The smallest absolute Gasteiger partial charge is 0.243 e. The van der Waals surface area contributed by atoms with Gasteiger partial charge in [-0.15, -0.1) is 0 Å². The number of aliphatic hydroxyl groups excluding tert-OH is 1. The summed E-state index contributed by atoms with van der Waals surface area (Å²) in [6.45, 7) is 6.89. The monoisotopic (exact) mass is 537 g/mol. The second-order valence-electron chi connectivity index (χ2n) is 10.7. The molecule has 1 saturated heterocycles. The topological polar surface area (TPSA) is 149 Å². The van der Waals surface area contributed by atoms with Crippen LogP contribution in [-0.2, 0) is 27.2 Å². The third-order valence-electron chi connectivity index (χ3n) is 7.12. The third kappa shape index (κ3) is 7.66. The zero-order valence-corrected chi connectivity index (χ0v) is 22.8. The third-order valence-corrected chi connectivity index (χ3v) is 7.12. The molecule has 39 heavy (non-hydrogen) atoms. The number of fused-ring (bicyclic) bond motifs is 2. The maximum Gasteiger partial charge on any atom is 0.243 e. The molecule has 0 saturated carbocycles. The maximum atomic E-state index is 13.7. The zero-order chi connectivity index (χ0) is 27.9. The van der Waals surface area contributed by atoms with Crippen molar-refractivity contribution in [3.8, 4) is 0 Å². The van der Waals surface area contributed by atoms with Crippen molar-refractivity contribution in [3.63, 3.8) is 0 Å². The fraction of sp³-hybridized carbons (Fsp3) is 0.536. The van der Waals surface area contributed by atoms with Crippen molar-refractivity contribution in [1.82, 2.24) is 25.9 Å². The fourth-order valence-corrected chi connectivity index (χ4v) is 4.75. The van der Waals surface area contributed by atoms with Gasteiger partial charge in [-0.1, -0.05) is 44.2 Å². The Kier molecular flexibility index (Phi) is 9.34. The second-order valence-corrected chi connectivity index (χ2v) is 10.7. The highest BCUT2D eigenvalue weighted by Gasteiger charge is 2.30. The van der Waals surface area contributed by atoms with Crippen LogP contribution >= 0.6 is 0 Å². The number of amides is 3. The van der Waals surface area contributed by atoms with Crippen molar-refractivity contribution in [2.75, 3.05) is 29.9 Å².